The minimum absolute atomic E-state index is 0.713. The number of hydrogen-bond donors (Lipinski definition) is 1. The van der Waals surface area contributed by atoms with Gasteiger partial charge in [-0.3, -0.25) is 0 Å². The molecule has 2 aromatic rings. The Hall–Kier alpha value is -1.41. The lowest BCUT2D eigenvalue weighted by molar-refractivity contribution is 0.392. The summed E-state index contributed by atoms with van der Waals surface area (Å²) in [4.78, 5) is 0. The summed E-state index contributed by atoms with van der Waals surface area (Å²) < 4.78 is 7.01. The maximum absolute atomic E-state index is 5.16. The van der Waals surface area contributed by atoms with Gasteiger partial charge in [-0.1, -0.05) is 16.9 Å². The average Bonchev–Trinajstić information content (AvgIpc) is 3.06. The Morgan fingerprint density at radius 3 is 2.95 bits per heavy atom. The van der Waals surface area contributed by atoms with Crippen LogP contribution in [-0.2, 0) is 12.3 Å². The molecule has 2 aromatic heterocycles. The number of aryl methyl sites for hydroxylation is 2. The summed E-state index contributed by atoms with van der Waals surface area (Å²) in [6.07, 6.45) is 2.59. The van der Waals surface area contributed by atoms with Gasteiger partial charge >= 0.3 is 0 Å². The van der Waals surface area contributed by atoms with Gasteiger partial charge in [-0.2, -0.15) is 0 Å². The van der Waals surface area contributed by atoms with E-state index in [4.69, 9.17) is 4.52 Å². The molecule has 0 amide bonds. The van der Waals surface area contributed by atoms with Gasteiger partial charge in [-0.15, -0.1) is 5.10 Å². The maximum atomic E-state index is 5.16. The standard InChI is InChI=1S/C12H18N6OS/c1-8-11(9(2)19-15-8)7-20-12-14-16-17-18(12)6-5-13-10-3-4-10/h10,13H,3-7H2,1-2H3. The third-order valence-corrected chi connectivity index (χ3v) is 4.34. The van der Waals surface area contributed by atoms with E-state index in [1.807, 2.05) is 18.5 Å². The fourth-order valence-corrected chi connectivity index (χ4v) is 3.00. The second kappa shape index (κ2) is 5.92. The largest absolute Gasteiger partial charge is 0.361 e. The molecule has 8 heteroatoms. The third-order valence-electron chi connectivity index (χ3n) is 3.36. The number of hydrogen-bond acceptors (Lipinski definition) is 7. The third kappa shape index (κ3) is 3.18. The second-order valence-electron chi connectivity index (χ2n) is 5.00. The van der Waals surface area contributed by atoms with Gasteiger partial charge < -0.3 is 9.84 Å². The molecule has 0 saturated heterocycles. The van der Waals surface area contributed by atoms with E-state index >= 15 is 0 Å². The molecule has 0 aromatic carbocycles. The molecule has 1 aliphatic rings. The predicted molar refractivity (Wildman–Crippen MR) is 74.4 cm³/mol. The minimum atomic E-state index is 0.713. The monoisotopic (exact) mass is 294 g/mol. The number of rotatable bonds is 7. The van der Waals surface area contributed by atoms with Crippen LogP contribution >= 0.6 is 11.8 Å². The van der Waals surface area contributed by atoms with E-state index in [1.165, 1.54) is 12.8 Å². The fraction of sp³-hybridized carbons (Fsp3) is 0.667. The van der Waals surface area contributed by atoms with Crippen molar-refractivity contribution < 1.29 is 4.52 Å². The van der Waals surface area contributed by atoms with Crippen LogP contribution < -0.4 is 5.32 Å². The van der Waals surface area contributed by atoms with Crippen LogP contribution in [-0.4, -0.2) is 38.0 Å². The molecule has 3 rings (SSSR count). The van der Waals surface area contributed by atoms with Gasteiger partial charge in [0, 0.05) is 23.9 Å². The molecule has 2 heterocycles. The van der Waals surface area contributed by atoms with Crippen molar-refractivity contribution in [1.29, 1.82) is 0 Å². The molecule has 108 valence electrons. The lowest BCUT2D eigenvalue weighted by atomic mass is 10.2. The van der Waals surface area contributed by atoms with Crippen molar-refractivity contribution in [3.63, 3.8) is 0 Å². The Morgan fingerprint density at radius 1 is 1.40 bits per heavy atom. The van der Waals surface area contributed by atoms with Crippen LogP contribution in [0.15, 0.2) is 9.68 Å². The van der Waals surface area contributed by atoms with Gasteiger partial charge in [0.15, 0.2) is 0 Å². The van der Waals surface area contributed by atoms with E-state index in [0.29, 0.717) is 6.04 Å². The van der Waals surface area contributed by atoms with E-state index in [2.05, 4.69) is 26.0 Å². The van der Waals surface area contributed by atoms with Crippen molar-refractivity contribution in [1.82, 2.24) is 30.7 Å². The molecule has 1 aliphatic carbocycles. The van der Waals surface area contributed by atoms with E-state index in [1.54, 1.807) is 11.8 Å². The number of nitrogens with zero attached hydrogens (tertiary/aromatic N) is 5. The highest BCUT2D eigenvalue weighted by atomic mass is 32.2. The molecule has 0 spiro atoms. The van der Waals surface area contributed by atoms with Crippen molar-refractivity contribution in [2.24, 2.45) is 0 Å². The molecule has 0 bridgehead atoms. The van der Waals surface area contributed by atoms with Crippen molar-refractivity contribution in [2.75, 3.05) is 6.54 Å². The maximum Gasteiger partial charge on any atom is 0.209 e. The first kappa shape index (κ1) is 13.6. The fourth-order valence-electron chi connectivity index (χ4n) is 1.95. The Kier molecular flexibility index (Phi) is 4.02. The van der Waals surface area contributed by atoms with Crippen LogP contribution in [0.1, 0.15) is 29.9 Å². The highest BCUT2D eigenvalue weighted by Gasteiger charge is 2.20. The van der Waals surface area contributed by atoms with Gasteiger partial charge in [0.2, 0.25) is 5.16 Å². The second-order valence-corrected chi connectivity index (χ2v) is 5.95. The molecule has 1 fully saturated rings. The lowest BCUT2D eigenvalue weighted by Crippen LogP contribution is -2.22. The first-order chi connectivity index (χ1) is 9.74. The van der Waals surface area contributed by atoms with Crippen molar-refractivity contribution in [3.8, 4) is 0 Å². The Labute approximate surface area is 121 Å². The smallest absolute Gasteiger partial charge is 0.209 e. The quantitative estimate of drug-likeness (QED) is 0.771. The van der Waals surface area contributed by atoms with Gasteiger partial charge in [-0.25, -0.2) is 4.68 Å². The van der Waals surface area contributed by atoms with E-state index in [9.17, 15) is 0 Å². The van der Waals surface area contributed by atoms with Crippen LogP contribution in [0.25, 0.3) is 0 Å². The van der Waals surface area contributed by atoms with Crippen molar-refractivity contribution in [2.45, 2.75) is 50.2 Å². The molecular formula is C12H18N6OS. The summed E-state index contributed by atoms with van der Waals surface area (Å²) in [5, 5.41) is 20.1. The zero-order valence-corrected chi connectivity index (χ0v) is 12.5. The molecule has 7 nitrogen and oxygen atoms in total. The Balaban J connectivity index is 1.55. The first-order valence-electron chi connectivity index (χ1n) is 6.78. The summed E-state index contributed by atoms with van der Waals surface area (Å²) in [6.45, 7) is 5.59. The number of nitrogens with one attached hydrogen (secondary N) is 1. The summed E-state index contributed by atoms with van der Waals surface area (Å²) in [5.41, 5.74) is 2.06. The molecule has 0 atom stereocenters. The summed E-state index contributed by atoms with van der Waals surface area (Å²) in [5.74, 6) is 1.64. The molecule has 1 saturated carbocycles. The number of tetrazole rings is 1. The summed E-state index contributed by atoms with van der Waals surface area (Å²) in [7, 11) is 0. The predicted octanol–water partition coefficient (Wildman–Crippen LogP) is 1.32. The SMILES string of the molecule is Cc1noc(C)c1CSc1nnnn1CCNC1CC1. The highest BCUT2D eigenvalue weighted by Crippen LogP contribution is 2.24. The Morgan fingerprint density at radius 2 is 2.25 bits per heavy atom. The van der Waals surface area contributed by atoms with Crippen molar-refractivity contribution >= 4 is 11.8 Å². The van der Waals surface area contributed by atoms with Crippen LogP contribution in [0.3, 0.4) is 0 Å². The van der Waals surface area contributed by atoms with Crippen LogP contribution in [0.2, 0.25) is 0 Å². The Bertz CT molecular complexity index is 557. The zero-order valence-electron chi connectivity index (χ0n) is 11.7. The molecule has 1 N–H and O–H groups in total. The van der Waals surface area contributed by atoms with Crippen molar-refractivity contribution in [3.05, 3.63) is 17.0 Å². The molecule has 0 aliphatic heterocycles. The van der Waals surface area contributed by atoms with Crippen LogP contribution in [0, 0.1) is 13.8 Å². The van der Waals surface area contributed by atoms with E-state index < -0.39 is 0 Å². The summed E-state index contributed by atoms with van der Waals surface area (Å²) >= 11 is 1.61. The molecule has 0 unspecified atom stereocenters. The zero-order chi connectivity index (χ0) is 13.9. The van der Waals surface area contributed by atoms with Gasteiger partial charge in [0.05, 0.1) is 12.2 Å². The lowest BCUT2D eigenvalue weighted by Gasteiger charge is -2.05. The highest BCUT2D eigenvalue weighted by molar-refractivity contribution is 7.98. The number of aromatic nitrogens is 5. The first-order valence-corrected chi connectivity index (χ1v) is 7.76. The normalized spacial score (nSPS) is 14.9. The van der Waals surface area contributed by atoms with Gasteiger partial charge in [0.1, 0.15) is 5.76 Å². The topological polar surface area (TPSA) is 81.7 Å². The van der Waals surface area contributed by atoms with E-state index in [0.717, 1.165) is 41.0 Å². The van der Waals surface area contributed by atoms with Gasteiger partial charge in [-0.05, 0) is 37.1 Å². The summed E-state index contributed by atoms with van der Waals surface area (Å²) in [6, 6.07) is 0.713. The molecule has 20 heavy (non-hydrogen) atoms. The van der Waals surface area contributed by atoms with Crippen LogP contribution in [0.5, 0.6) is 0 Å². The average molecular weight is 294 g/mol. The van der Waals surface area contributed by atoms with Gasteiger partial charge in [0.25, 0.3) is 0 Å². The minimum Gasteiger partial charge on any atom is -0.361 e. The van der Waals surface area contributed by atoms with E-state index in [-0.39, 0.29) is 0 Å². The molecular weight excluding hydrogens is 276 g/mol. The van der Waals surface area contributed by atoms with Crippen LogP contribution in [0.4, 0.5) is 0 Å². The molecule has 0 radical (unpaired) electrons. The number of thioether (sulfide) groups is 1.